The number of fused-ring (bicyclic) bond motifs is 1. The minimum atomic E-state index is -0.803. The van der Waals surface area contributed by atoms with Gasteiger partial charge in [-0.15, -0.1) is 0 Å². The molecule has 1 saturated heterocycles. The summed E-state index contributed by atoms with van der Waals surface area (Å²) in [5, 5.41) is 2.99. The molecule has 0 radical (unpaired) electrons. The first-order chi connectivity index (χ1) is 9.96. The lowest BCUT2D eigenvalue weighted by Crippen LogP contribution is -2.82. The SMILES string of the molecule is CCCOCCCNC(=O)C1(N)C2CCCOC2C1(C)C. The topological polar surface area (TPSA) is 73.6 Å². The summed E-state index contributed by atoms with van der Waals surface area (Å²) in [5.74, 6) is 0.118. The van der Waals surface area contributed by atoms with Crippen LogP contribution in [0.4, 0.5) is 0 Å². The minimum Gasteiger partial charge on any atom is -0.381 e. The average molecular weight is 298 g/mol. The Morgan fingerprint density at radius 2 is 2.19 bits per heavy atom. The number of hydrogen-bond acceptors (Lipinski definition) is 4. The van der Waals surface area contributed by atoms with Gasteiger partial charge in [0.25, 0.3) is 0 Å². The van der Waals surface area contributed by atoms with Crippen LogP contribution in [0.2, 0.25) is 0 Å². The van der Waals surface area contributed by atoms with Crippen molar-refractivity contribution in [1.82, 2.24) is 5.32 Å². The Labute approximate surface area is 127 Å². The summed E-state index contributed by atoms with van der Waals surface area (Å²) in [6, 6.07) is 0. The van der Waals surface area contributed by atoms with Crippen molar-refractivity contribution in [2.24, 2.45) is 17.1 Å². The first-order valence-corrected chi connectivity index (χ1v) is 8.22. The summed E-state index contributed by atoms with van der Waals surface area (Å²) in [6.07, 6.45) is 3.95. The third kappa shape index (κ3) is 2.83. The van der Waals surface area contributed by atoms with Crippen LogP contribution < -0.4 is 11.1 Å². The smallest absolute Gasteiger partial charge is 0.241 e. The van der Waals surface area contributed by atoms with Crippen LogP contribution in [-0.2, 0) is 14.3 Å². The number of ether oxygens (including phenoxy) is 2. The number of rotatable bonds is 7. The van der Waals surface area contributed by atoms with E-state index in [9.17, 15) is 4.79 Å². The fraction of sp³-hybridized carbons (Fsp3) is 0.938. The van der Waals surface area contributed by atoms with Crippen LogP contribution in [-0.4, -0.2) is 43.9 Å². The Morgan fingerprint density at radius 1 is 1.43 bits per heavy atom. The summed E-state index contributed by atoms with van der Waals surface area (Å²) in [5.41, 5.74) is 5.41. The zero-order valence-corrected chi connectivity index (χ0v) is 13.6. The standard InChI is InChI=1S/C16H30N2O3/c1-4-9-20-10-6-8-18-14(19)16(17)12-7-5-11-21-13(12)15(16,2)3/h12-13H,4-11,17H2,1-3H3,(H,18,19). The van der Waals surface area contributed by atoms with Crippen LogP contribution in [0.15, 0.2) is 0 Å². The Morgan fingerprint density at radius 3 is 2.90 bits per heavy atom. The van der Waals surface area contributed by atoms with E-state index >= 15 is 0 Å². The van der Waals surface area contributed by atoms with Gasteiger partial charge in [-0.1, -0.05) is 20.8 Å². The number of hydrogen-bond donors (Lipinski definition) is 2. The highest BCUT2D eigenvalue weighted by atomic mass is 16.5. The van der Waals surface area contributed by atoms with Crippen molar-refractivity contribution >= 4 is 5.91 Å². The second-order valence-electron chi connectivity index (χ2n) is 6.85. The highest BCUT2D eigenvalue weighted by molar-refractivity contribution is 5.89. The maximum Gasteiger partial charge on any atom is 0.241 e. The molecule has 0 aromatic rings. The van der Waals surface area contributed by atoms with Crippen LogP contribution in [0.5, 0.6) is 0 Å². The van der Waals surface area contributed by atoms with Crippen LogP contribution in [0.3, 0.4) is 0 Å². The predicted octanol–water partition coefficient (Wildman–Crippen LogP) is 1.45. The molecule has 0 aromatic heterocycles. The molecule has 1 aliphatic carbocycles. The number of carbonyl (C=O) groups is 1. The van der Waals surface area contributed by atoms with Crippen LogP contribution in [0.25, 0.3) is 0 Å². The fourth-order valence-corrected chi connectivity index (χ4v) is 3.81. The predicted molar refractivity (Wildman–Crippen MR) is 81.9 cm³/mol. The van der Waals surface area contributed by atoms with Crippen molar-refractivity contribution in [3.8, 4) is 0 Å². The van der Waals surface area contributed by atoms with Crippen LogP contribution in [0.1, 0.15) is 46.5 Å². The second-order valence-corrected chi connectivity index (χ2v) is 6.85. The summed E-state index contributed by atoms with van der Waals surface area (Å²) in [4.78, 5) is 12.6. The van der Waals surface area contributed by atoms with E-state index in [-0.39, 0.29) is 23.3 Å². The normalized spacial score (nSPS) is 33.9. The van der Waals surface area contributed by atoms with Gasteiger partial charge in [-0.05, 0) is 25.7 Å². The molecule has 5 heteroatoms. The van der Waals surface area contributed by atoms with Crippen LogP contribution >= 0.6 is 0 Å². The summed E-state index contributed by atoms with van der Waals surface area (Å²) < 4.78 is 11.2. The molecule has 1 heterocycles. The Bertz CT molecular complexity index is 373. The van der Waals surface area contributed by atoms with E-state index in [0.717, 1.165) is 38.9 Å². The minimum absolute atomic E-state index is 0.0326. The molecule has 0 spiro atoms. The zero-order chi connectivity index (χ0) is 15.5. The van der Waals surface area contributed by atoms with E-state index in [2.05, 4.69) is 12.2 Å². The van der Waals surface area contributed by atoms with Crippen molar-refractivity contribution in [2.75, 3.05) is 26.4 Å². The third-order valence-electron chi connectivity index (χ3n) is 5.16. The van der Waals surface area contributed by atoms with Crippen LogP contribution in [0, 0.1) is 11.3 Å². The molecule has 0 bridgehead atoms. The second kappa shape index (κ2) is 6.63. The van der Waals surface area contributed by atoms with E-state index in [4.69, 9.17) is 15.2 Å². The molecule has 1 amide bonds. The average Bonchev–Trinajstić information content (AvgIpc) is 2.49. The molecule has 0 aromatic carbocycles. The van der Waals surface area contributed by atoms with Gasteiger partial charge in [0.15, 0.2) is 0 Å². The van der Waals surface area contributed by atoms with E-state index in [0.29, 0.717) is 13.2 Å². The quantitative estimate of drug-likeness (QED) is 0.698. The van der Waals surface area contributed by atoms with Gasteiger partial charge >= 0.3 is 0 Å². The lowest BCUT2D eigenvalue weighted by molar-refractivity contribution is -0.225. The molecule has 3 N–H and O–H groups in total. The van der Waals surface area contributed by atoms with Gasteiger partial charge in [0.2, 0.25) is 5.91 Å². The highest BCUT2D eigenvalue weighted by Crippen LogP contribution is 2.57. The lowest BCUT2D eigenvalue weighted by atomic mass is 9.46. The molecule has 1 aliphatic heterocycles. The van der Waals surface area contributed by atoms with Crippen molar-refractivity contribution in [1.29, 1.82) is 0 Å². The lowest BCUT2D eigenvalue weighted by Gasteiger charge is -2.65. The number of nitrogens with two attached hydrogens (primary N) is 1. The maximum atomic E-state index is 12.6. The highest BCUT2D eigenvalue weighted by Gasteiger charge is 2.70. The first-order valence-electron chi connectivity index (χ1n) is 8.22. The summed E-state index contributed by atoms with van der Waals surface area (Å²) in [7, 11) is 0. The van der Waals surface area contributed by atoms with E-state index < -0.39 is 5.54 Å². The third-order valence-corrected chi connectivity index (χ3v) is 5.16. The molecule has 2 fully saturated rings. The number of nitrogens with one attached hydrogen (secondary N) is 1. The van der Waals surface area contributed by atoms with Gasteiger partial charge in [-0.2, -0.15) is 0 Å². The molecule has 5 nitrogen and oxygen atoms in total. The van der Waals surface area contributed by atoms with Gasteiger partial charge in [-0.25, -0.2) is 0 Å². The summed E-state index contributed by atoms with van der Waals surface area (Å²) in [6.45, 7) is 9.05. The van der Waals surface area contributed by atoms with Crippen molar-refractivity contribution in [2.45, 2.75) is 58.1 Å². The Kier molecular flexibility index (Phi) is 5.28. The van der Waals surface area contributed by atoms with Crippen molar-refractivity contribution in [3.05, 3.63) is 0 Å². The molecule has 2 rings (SSSR count). The number of amides is 1. The van der Waals surface area contributed by atoms with Gasteiger partial charge in [0.05, 0.1) is 6.10 Å². The van der Waals surface area contributed by atoms with E-state index in [1.54, 1.807) is 0 Å². The zero-order valence-electron chi connectivity index (χ0n) is 13.6. The van der Waals surface area contributed by atoms with Crippen molar-refractivity contribution in [3.63, 3.8) is 0 Å². The van der Waals surface area contributed by atoms with Gasteiger partial charge in [-0.3, -0.25) is 4.79 Å². The van der Waals surface area contributed by atoms with Gasteiger partial charge in [0, 0.05) is 37.7 Å². The van der Waals surface area contributed by atoms with E-state index in [1.807, 2.05) is 13.8 Å². The molecule has 122 valence electrons. The molecular weight excluding hydrogens is 268 g/mol. The Hall–Kier alpha value is -0.650. The maximum absolute atomic E-state index is 12.6. The van der Waals surface area contributed by atoms with Crippen molar-refractivity contribution < 1.29 is 14.3 Å². The first kappa shape index (κ1) is 16.7. The van der Waals surface area contributed by atoms with Gasteiger partial charge in [0.1, 0.15) is 5.54 Å². The molecular formula is C16H30N2O3. The fourth-order valence-electron chi connectivity index (χ4n) is 3.81. The monoisotopic (exact) mass is 298 g/mol. The molecule has 1 saturated carbocycles. The Balaban J connectivity index is 1.83. The molecule has 2 aliphatic rings. The molecule has 3 atom stereocenters. The van der Waals surface area contributed by atoms with E-state index in [1.165, 1.54) is 0 Å². The van der Waals surface area contributed by atoms with Gasteiger partial charge < -0.3 is 20.5 Å². The number of carbonyl (C=O) groups excluding carboxylic acids is 1. The molecule has 21 heavy (non-hydrogen) atoms. The molecule has 3 unspecified atom stereocenters. The summed E-state index contributed by atoms with van der Waals surface area (Å²) >= 11 is 0. The largest absolute Gasteiger partial charge is 0.381 e.